The van der Waals surface area contributed by atoms with E-state index in [0.717, 1.165) is 47.4 Å². The number of carboxylic acid groups (broad SMARTS) is 1. The van der Waals surface area contributed by atoms with Crippen molar-refractivity contribution in [3.63, 3.8) is 0 Å². The number of rotatable bonds is 5. The van der Waals surface area contributed by atoms with Crippen molar-refractivity contribution < 1.29 is 9.90 Å². The van der Waals surface area contributed by atoms with E-state index in [4.69, 9.17) is 5.11 Å². The lowest BCUT2D eigenvalue weighted by atomic mass is 10.1. The quantitative estimate of drug-likeness (QED) is 0.848. The first-order chi connectivity index (χ1) is 8.65. The van der Waals surface area contributed by atoms with Crippen LogP contribution in [0.3, 0.4) is 0 Å². The molecular weight excluding hydrogens is 230 g/mol. The van der Waals surface area contributed by atoms with Gasteiger partial charge in [-0.15, -0.1) is 0 Å². The van der Waals surface area contributed by atoms with Gasteiger partial charge in [0, 0.05) is 18.0 Å². The van der Waals surface area contributed by atoms with Gasteiger partial charge >= 0.3 is 5.97 Å². The highest BCUT2D eigenvalue weighted by Gasteiger charge is 2.14. The predicted octanol–water partition coefficient (Wildman–Crippen LogP) is 2.10. The minimum atomic E-state index is -0.837. The Bertz CT molecular complexity index is 575. The number of aromatic amines is 1. The Morgan fingerprint density at radius 3 is 2.78 bits per heavy atom. The van der Waals surface area contributed by atoms with Crippen molar-refractivity contribution in [1.82, 2.24) is 15.0 Å². The molecule has 5 nitrogen and oxygen atoms in total. The van der Waals surface area contributed by atoms with Gasteiger partial charge in [-0.3, -0.25) is 4.79 Å². The largest absolute Gasteiger partial charge is 0.481 e. The summed E-state index contributed by atoms with van der Waals surface area (Å²) in [5.74, 6) is -0.0128. The summed E-state index contributed by atoms with van der Waals surface area (Å²) in [5.41, 5.74) is 2.44. The summed E-state index contributed by atoms with van der Waals surface area (Å²) < 4.78 is 0. The molecule has 0 saturated carbocycles. The van der Waals surface area contributed by atoms with E-state index >= 15 is 0 Å². The van der Waals surface area contributed by atoms with Gasteiger partial charge in [-0.1, -0.05) is 13.8 Å². The Balaban J connectivity index is 2.55. The van der Waals surface area contributed by atoms with Gasteiger partial charge in [0.25, 0.3) is 0 Å². The van der Waals surface area contributed by atoms with Crippen LogP contribution in [-0.4, -0.2) is 26.0 Å². The maximum Gasteiger partial charge on any atom is 0.307 e. The van der Waals surface area contributed by atoms with Crippen LogP contribution >= 0.6 is 0 Å². The van der Waals surface area contributed by atoms with Crippen LogP contribution < -0.4 is 0 Å². The second kappa shape index (κ2) is 5.16. The van der Waals surface area contributed by atoms with E-state index in [1.165, 1.54) is 0 Å². The third kappa shape index (κ3) is 2.34. The smallest absolute Gasteiger partial charge is 0.307 e. The average Bonchev–Trinajstić information content (AvgIpc) is 2.71. The molecule has 0 aromatic carbocycles. The van der Waals surface area contributed by atoms with E-state index in [0.29, 0.717) is 0 Å². The molecule has 0 aliphatic carbocycles. The topological polar surface area (TPSA) is 78.9 Å². The number of nitrogens with zero attached hydrogens (tertiary/aromatic N) is 2. The van der Waals surface area contributed by atoms with Gasteiger partial charge in [-0.25, -0.2) is 9.97 Å². The van der Waals surface area contributed by atoms with Crippen molar-refractivity contribution in [2.45, 2.75) is 39.5 Å². The minimum Gasteiger partial charge on any atom is -0.481 e. The van der Waals surface area contributed by atoms with Crippen LogP contribution in [0.25, 0.3) is 11.0 Å². The van der Waals surface area contributed by atoms with Crippen LogP contribution in [0.5, 0.6) is 0 Å². The van der Waals surface area contributed by atoms with Gasteiger partial charge in [-0.05, 0) is 18.4 Å². The van der Waals surface area contributed by atoms with Crippen LogP contribution in [-0.2, 0) is 24.1 Å². The number of hydrogen-bond donors (Lipinski definition) is 2. The van der Waals surface area contributed by atoms with Crippen LogP contribution in [0.1, 0.15) is 37.4 Å². The molecule has 0 amide bonds. The number of aromatic nitrogens is 3. The second-order valence-electron chi connectivity index (χ2n) is 4.30. The number of carboxylic acids is 1. The minimum absolute atomic E-state index is 0.00346. The summed E-state index contributed by atoms with van der Waals surface area (Å²) in [7, 11) is 0. The molecule has 2 aromatic rings. The molecule has 2 aromatic heterocycles. The zero-order valence-electron chi connectivity index (χ0n) is 10.7. The number of H-pyrrole nitrogens is 1. The normalized spacial score (nSPS) is 11.0. The molecule has 2 heterocycles. The van der Waals surface area contributed by atoms with E-state index in [1.807, 2.05) is 6.92 Å². The van der Waals surface area contributed by atoms with E-state index < -0.39 is 5.97 Å². The standard InChI is InChI=1S/C13H17N3O2/c1-3-5-10-15-9(4-2)12-8(6-11(17)18)7-14-13(12)16-10/h7H,3-6H2,1-2H3,(H,17,18)(H,14,15,16). The summed E-state index contributed by atoms with van der Waals surface area (Å²) in [4.78, 5) is 22.8. The lowest BCUT2D eigenvalue weighted by Crippen LogP contribution is -2.03. The number of aliphatic carboxylic acids is 1. The van der Waals surface area contributed by atoms with E-state index in [-0.39, 0.29) is 6.42 Å². The van der Waals surface area contributed by atoms with E-state index in [2.05, 4.69) is 21.9 Å². The number of nitrogens with one attached hydrogen (secondary N) is 1. The SMILES string of the molecule is CCCc1nc(CC)c2c(CC(=O)O)c[nH]c2n1. The van der Waals surface area contributed by atoms with Crippen LogP contribution in [0.2, 0.25) is 0 Å². The van der Waals surface area contributed by atoms with Crippen molar-refractivity contribution in [3.05, 3.63) is 23.3 Å². The summed E-state index contributed by atoms with van der Waals surface area (Å²) in [6.45, 7) is 4.11. The van der Waals surface area contributed by atoms with Gasteiger partial charge in [-0.2, -0.15) is 0 Å². The molecule has 0 aliphatic rings. The van der Waals surface area contributed by atoms with Crippen LogP contribution in [0.15, 0.2) is 6.20 Å². The van der Waals surface area contributed by atoms with E-state index in [1.54, 1.807) is 6.20 Å². The van der Waals surface area contributed by atoms with Crippen LogP contribution in [0, 0.1) is 0 Å². The average molecular weight is 247 g/mol. The summed E-state index contributed by atoms with van der Waals surface area (Å²) >= 11 is 0. The third-order valence-electron chi connectivity index (χ3n) is 2.88. The van der Waals surface area contributed by atoms with Crippen molar-refractivity contribution in [2.75, 3.05) is 0 Å². The Morgan fingerprint density at radius 2 is 2.17 bits per heavy atom. The highest BCUT2D eigenvalue weighted by Crippen LogP contribution is 2.21. The molecule has 2 rings (SSSR count). The highest BCUT2D eigenvalue weighted by molar-refractivity contribution is 5.86. The molecule has 0 atom stereocenters. The maximum absolute atomic E-state index is 10.8. The Morgan fingerprint density at radius 1 is 1.39 bits per heavy atom. The van der Waals surface area contributed by atoms with Crippen molar-refractivity contribution >= 4 is 17.0 Å². The molecule has 18 heavy (non-hydrogen) atoms. The molecule has 0 aliphatic heterocycles. The first-order valence-electron chi connectivity index (χ1n) is 6.23. The Hall–Kier alpha value is -1.91. The molecule has 0 spiro atoms. The van der Waals surface area contributed by atoms with Gasteiger partial charge in [0.05, 0.1) is 12.1 Å². The molecule has 2 N–H and O–H groups in total. The van der Waals surface area contributed by atoms with Crippen LogP contribution in [0.4, 0.5) is 0 Å². The predicted molar refractivity (Wildman–Crippen MR) is 68.6 cm³/mol. The second-order valence-corrected chi connectivity index (χ2v) is 4.30. The Kier molecular flexibility index (Phi) is 3.60. The zero-order chi connectivity index (χ0) is 13.1. The first kappa shape index (κ1) is 12.5. The third-order valence-corrected chi connectivity index (χ3v) is 2.88. The number of aryl methyl sites for hydroxylation is 2. The highest BCUT2D eigenvalue weighted by atomic mass is 16.4. The fraction of sp³-hybridized carbons (Fsp3) is 0.462. The summed E-state index contributed by atoms with van der Waals surface area (Å²) in [5, 5.41) is 9.77. The van der Waals surface area contributed by atoms with Gasteiger partial charge in [0.15, 0.2) is 0 Å². The Labute approximate surface area is 105 Å². The molecular formula is C13H17N3O2. The van der Waals surface area contributed by atoms with Gasteiger partial charge in [0.2, 0.25) is 0 Å². The first-order valence-corrected chi connectivity index (χ1v) is 6.23. The monoisotopic (exact) mass is 247 g/mol. The molecule has 0 bridgehead atoms. The van der Waals surface area contributed by atoms with Crippen molar-refractivity contribution in [1.29, 1.82) is 0 Å². The van der Waals surface area contributed by atoms with E-state index in [9.17, 15) is 4.79 Å². The van der Waals surface area contributed by atoms with Gasteiger partial charge < -0.3 is 10.1 Å². The number of carbonyl (C=O) groups is 1. The van der Waals surface area contributed by atoms with Crippen molar-refractivity contribution in [2.24, 2.45) is 0 Å². The molecule has 5 heteroatoms. The maximum atomic E-state index is 10.8. The zero-order valence-corrected chi connectivity index (χ0v) is 10.7. The molecule has 0 saturated heterocycles. The summed E-state index contributed by atoms with van der Waals surface area (Å²) in [6.07, 6.45) is 4.35. The fourth-order valence-electron chi connectivity index (χ4n) is 2.12. The molecule has 0 fully saturated rings. The molecule has 0 unspecified atom stereocenters. The van der Waals surface area contributed by atoms with Crippen molar-refractivity contribution in [3.8, 4) is 0 Å². The lowest BCUT2D eigenvalue weighted by molar-refractivity contribution is -0.136. The molecule has 0 radical (unpaired) electrons. The van der Waals surface area contributed by atoms with Gasteiger partial charge in [0.1, 0.15) is 11.5 Å². The number of fused-ring (bicyclic) bond motifs is 1. The lowest BCUT2D eigenvalue weighted by Gasteiger charge is -2.04. The molecule has 96 valence electrons. The summed E-state index contributed by atoms with van der Waals surface area (Å²) in [6, 6.07) is 0. The number of hydrogen-bond acceptors (Lipinski definition) is 3. The fourth-order valence-corrected chi connectivity index (χ4v) is 2.12.